The normalized spacial score (nSPS) is 23.5. The van der Waals surface area contributed by atoms with E-state index in [4.69, 9.17) is 4.74 Å². The van der Waals surface area contributed by atoms with E-state index in [1.807, 2.05) is 0 Å². The fourth-order valence-electron chi connectivity index (χ4n) is 4.48. The molecule has 1 heterocycles. The van der Waals surface area contributed by atoms with Crippen molar-refractivity contribution in [3.8, 4) is 0 Å². The number of nitrogens with one attached hydrogen (secondary N) is 1. The summed E-state index contributed by atoms with van der Waals surface area (Å²) >= 11 is 0. The third-order valence-electron chi connectivity index (χ3n) is 5.75. The second-order valence-electron chi connectivity index (χ2n) is 8.53. The van der Waals surface area contributed by atoms with Crippen LogP contribution in [0.1, 0.15) is 57.2 Å². The predicted octanol–water partition coefficient (Wildman–Crippen LogP) is 5.55. The summed E-state index contributed by atoms with van der Waals surface area (Å²) in [5, 5.41) is 3.74. The molecule has 2 heteroatoms. The van der Waals surface area contributed by atoms with E-state index in [9.17, 15) is 0 Å². The van der Waals surface area contributed by atoms with Crippen molar-refractivity contribution in [3.05, 3.63) is 71.8 Å². The number of benzene rings is 2. The minimum absolute atomic E-state index is 0.0297. The van der Waals surface area contributed by atoms with E-state index < -0.39 is 0 Å². The highest BCUT2D eigenvalue weighted by molar-refractivity contribution is 5.19. The molecule has 0 bridgehead atoms. The Hall–Kier alpha value is -1.64. The van der Waals surface area contributed by atoms with E-state index in [1.165, 1.54) is 17.5 Å². The maximum atomic E-state index is 6.03. The molecule has 2 aromatic carbocycles. The van der Waals surface area contributed by atoms with E-state index in [0.29, 0.717) is 11.5 Å². The first-order chi connectivity index (χ1) is 12.5. The Kier molecular flexibility index (Phi) is 6.16. The number of ether oxygens (including phenoxy) is 1. The summed E-state index contributed by atoms with van der Waals surface area (Å²) in [6.07, 6.45) is 4.59. The van der Waals surface area contributed by atoms with Crippen molar-refractivity contribution in [2.24, 2.45) is 5.41 Å². The van der Waals surface area contributed by atoms with Crippen LogP contribution in [0.3, 0.4) is 0 Å². The first kappa shape index (κ1) is 19.1. The van der Waals surface area contributed by atoms with E-state index in [0.717, 1.165) is 32.4 Å². The Bertz CT molecular complexity index is 667. The highest BCUT2D eigenvalue weighted by atomic mass is 16.5. The molecule has 3 rings (SSSR count). The van der Waals surface area contributed by atoms with Gasteiger partial charge in [0, 0.05) is 12.6 Å². The summed E-state index contributed by atoms with van der Waals surface area (Å²) in [7, 11) is 0. The number of hydrogen-bond acceptors (Lipinski definition) is 2. The molecule has 2 aromatic rings. The summed E-state index contributed by atoms with van der Waals surface area (Å²) in [5.41, 5.74) is 3.09. The molecule has 0 radical (unpaired) electrons. The van der Waals surface area contributed by atoms with Crippen LogP contribution in [-0.2, 0) is 11.2 Å². The fourth-order valence-corrected chi connectivity index (χ4v) is 4.48. The standard InChI is InChI=1S/C24H33NO/c1-20(22-12-8-5-9-13-22)25-16-14-24(15-17-26-23(2,3)19-24)18-21-10-6-4-7-11-21/h4-13,20,25H,14-19H2,1-3H3. The van der Waals surface area contributed by atoms with Crippen molar-refractivity contribution in [1.82, 2.24) is 5.32 Å². The molecule has 0 amide bonds. The second-order valence-corrected chi connectivity index (χ2v) is 8.53. The summed E-state index contributed by atoms with van der Waals surface area (Å²) in [4.78, 5) is 0. The number of rotatable bonds is 7. The third kappa shape index (κ3) is 5.18. The second kappa shape index (κ2) is 8.37. The van der Waals surface area contributed by atoms with Crippen LogP contribution in [0.5, 0.6) is 0 Å². The molecule has 1 fully saturated rings. The van der Waals surface area contributed by atoms with Gasteiger partial charge in [-0.15, -0.1) is 0 Å². The smallest absolute Gasteiger partial charge is 0.0631 e. The van der Waals surface area contributed by atoms with Gasteiger partial charge in [0.05, 0.1) is 5.60 Å². The molecule has 2 atom stereocenters. The Morgan fingerprint density at radius 1 is 1.00 bits per heavy atom. The van der Waals surface area contributed by atoms with Gasteiger partial charge in [-0.3, -0.25) is 0 Å². The average Bonchev–Trinajstić information content (AvgIpc) is 2.62. The van der Waals surface area contributed by atoms with E-state index in [2.05, 4.69) is 86.8 Å². The van der Waals surface area contributed by atoms with Crippen LogP contribution in [-0.4, -0.2) is 18.8 Å². The van der Waals surface area contributed by atoms with Gasteiger partial charge in [-0.2, -0.15) is 0 Å². The minimum atomic E-state index is -0.0297. The van der Waals surface area contributed by atoms with Crippen molar-refractivity contribution < 1.29 is 4.74 Å². The molecule has 2 unspecified atom stereocenters. The zero-order valence-corrected chi connectivity index (χ0v) is 16.5. The summed E-state index contributed by atoms with van der Waals surface area (Å²) in [6, 6.07) is 22.1. The van der Waals surface area contributed by atoms with Crippen LogP contribution in [0.25, 0.3) is 0 Å². The number of hydrogen-bond donors (Lipinski definition) is 1. The molecule has 26 heavy (non-hydrogen) atoms. The Morgan fingerprint density at radius 3 is 2.31 bits per heavy atom. The van der Waals surface area contributed by atoms with Crippen LogP contribution in [0.2, 0.25) is 0 Å². The molecular formula is C24H33NO. The maximum absolute atomic E-state index is 6.03. The van der Waals surface area contributed by atoms with Crippen molar-refractivity contribution in [2.75, 3.05) is 13.2 Å². The van der Waals surface area contributed by atoms with Gasteiger partial charge in [0.2, 0.25) is 0 Å². The van der Waals surface area contributed by atoms with Crippen molar-refractivity contribution in [3.63, 3.8) is 0 Å². The summed E-state index contributed by atoms with van der Waals surface area (Å²) in [6.45, 7) is 8.65. The van der Waals surface area contributed by atoms with Crippen LogP contribution in [0.4, 0.5) is 0 Å². The highest BCUT2D eigenvalue weighted by Gasteiger charge is 2.40. The lowest BCUT2D eigenvalue weighted by atomic mass is 9.68. The lowest BCUT2D eigenvalue weighted by Gasteiger charge is -2.45. The molecule has 0 aliphatic carbocycles. The topological polar surface area (TPSA) is 21.3 Å². The molecule has 1 N–H and O–H groups in total. The molecule has 1 aliphatic rings. The van der Waals surface area contributed by atoms with Crippen molar-refractivity contribution in [2.45, 2.75) is 58.1 Å². The van der Waals surface area contributed by atoms with Gasteiger partial charge < -0.3 is 10.1 Å². The predicted molar refractivity (Wildman–Crippen MR) is 109 cm³/mol. The summed E-state index contributed by atoms with van der Waals surface area (Å²) in [5.74, 6) is 0. The van der Waals surface area contributed by atoms with Gasteiger partial charge in [0.1, 0.15) is 0 Å². The third-order valence-corrected chi connectivity index (χ3v) is 5.75. The Morgan fingerprint density at radius 2 is 1.65 bits per heavy atom. The van der Waals surface area contributed by atoms with Crippen LogP contribution in [0, 0.1) is 5.41 Å². The fraction of sp³-hybridized carbons (Fsp3) is 0.500. The van der Waals surface area contributed by atoms with Crippen LogP contribution >= 0.6 is 0 Å². The van der Waals surface area contributed by atoms with Crippen LogP contribution < -0.4 is 5.32 Å². The van der Waals surface area contributed by atoms with Gasteiger partial charge in [0.25, 0.3) is 0 Å². The molecule has 0 spiro atoms. The molecule has 0 aromatic heterocycles. The molecule has 2 nitrogen and oxygen atoms in total. The molecule has 140 valence electrons. The quantitative estimate of drug-likeness (QED) is 0.706. The lowest BCUT2D eigenvalue weighted by Crippen LogP contribution is -2.44. The molecule has 1 aliphatic heterocycles. The zero-order valence-electron chi connectivity index (χ0n) is 16.5. The van der Waals surface area contributed by atoms with Crippen molar-refractivity contribution >= 4 is 0 Å². The first-order valence-electron chi connectivity index (χ1n) is 9.94. The minimum Gasteiger partial charge on any atom is -0.376 e. The molecule has 0 saturated carbocycles. The summed E-state index contributed by atoms with van der Waals surface area (Å²) < 4.78 is 6.03. The molecule has 1 saturated heterocycles. The largest absolute Gasteiger partial charge is 0.376 e. The van der Waals surface area contributed by atoms with E-state index >= 15 is 0 Å². The van der Waals surface area contributed by atoms with E-state index in [1.54, 1.807) is 0 Å². The Balaban J connectivity index is 1.66. The van der Waals surface area contributed by atoms with Gasteiger partial charge >= 0.3 is 0 Å². The van der Waals surface area contributed by atoms with Crippen LogP contribution in [0.15, 0.2) is 60.7 Å². The van der Waals surface area contributed by atoms with Gasteiger partial charge in [-0.05, 0) is 69.5 Å². The van der Waals surface area contributed by atoms with Gasteiger partial charge in [0.15, 0.2) is 0 Å². The SMILES string of the molecule is CC(NCCC1(Cc2ccccc2)CCOC(C)(C)C1)c1ccccc1. The maximum Gasteiger partial charge on any atom is 0.0631 e. The first-order valence-corrected chi connectivity index (χ1v) is 9.94. The van der Waals surface area contributed by atoms with Gasteiger partial charge in [-0.1, -0.05) is 60.7 Å². The Labute approximate surface area is 159 Å². The monoisotopic (exact) mass is 351 g/mol. The zero-order chi connectivity index (χ0) is 18.5. The van der Waals surface area contributed by atoms with E-state index in [-0.39, 0.29) is 5.60 Å². The average molecular weight is 352 g/mol. The highest BCUT2D eigenvalue weighted by Crippen LogP contribution is 2.43. The molecular weight excluding hydrogens is 318 g/mol. The lowest BCUT2D eigenvalue weighted by molar-refractivity contribution is -0.107. The van der Waals surface area contributed by atoms with Gasteiger partial charge in [-0.25, -0.2) is 0 Å². The van der Waals surface area contributed by atoms with Crippen molar-refractivity contribution in [1.29, 1.82) is 0 Å².